The van der Waals surface area contributed by atoms with Gasteiger partial charge >= 0.3 is 5.97 Å². The highest BCUT2D eigenvalue weighted by Crippen LogP contribution is 2.22. The van der Waals surface area contributed by atoms with Crippen LogP contribution in [0.4, 0.5) is 0 Å². The highest BCUT2D eigenvalue weighted by Gasteiger charge is 2.26. The van der Waals surface area contributed by atoms with Crippen LogP contribution >= 0.6 is 0 Å². The first-order valence-electron chi connectivity index (χ1n) is 4.72. The van der Waals surface area contributed by atoms with Gasteiger partial charge in [-0.15, -0.1) is 0 Å². The van der Waals surface area contributed by atoms with Crippen molar-refractivity contribution in [2.75, 3.05) is 0 Å². The summed E-state index contributed by atoms with van der Waals surface area (Å²) in [6, 6.07) is 0. The Labute approximate surface area is 92.3 Å². The van der Waals surface area contributed by atoms with Crippen molar-refractivity contribution >= 4 is 15.8 Å². The lowest BCUT2D eigenvalue weighted by molar-refractivity contribution is -0.137. The summed E-state index contributed by atoms with van der Waals surface area (Å²) >= 11 is 0. The Bertz CT molecular complexity index is 538. The normalized spacial score (nSPS) is 17.0. The van der Waals surface area contributed by atoms with Crippen LogP contribution in [0.25, 0.3) is 0 Å². The molecule has 1 aliphatic heterocycles. The van der Waals surface area contributed by atoms with Crippen LogP contribution in [0.3, 0.4) is 0 Å². The van der Waals surface area contributed by atoms with Gasteiger partial charge in [0, 0.05) is 18.2 Å². The van der Waals surface area contributed by atoms with E-state index < -0.39 is 15.8 Å². The fourth-order valence-electron chi connectivity index (χ4n) is 1.56. The molecule has 0 spiro atoms. The van der Waals surface area contributed by atoms with E-state index in [1.807, 2.05) is 0 Å². The quantitative estimate of drug-likeness (QED) is 0.796. The first-order valence-corrected chi connectivity index (χ1v) is 6.54. The standard InChI is InChI=1S/C9H10N2O4S/c12-9(13)2-1-8-10-3-6-4-16(14,15)5-7(6)11-8/h3H,1-2,4-5H2,(H,12,13). The number of sulfone groups is 1. The summed E-state index contributed by atoms with van der Waals surface area (Å²) < 4.78 is 22.6. The molecule has 0 radical (unpaired) electrons. The smallest absolute Gasteiger partial charge is 0.303 e. The molecule has 0 fully saturated rings. The molecular formula is C9H10N2O4S. The number of carbonyl (C=O) groups is 1. The summed E-state index contributed by atoms with van der Waals surface area (Å²) in [7, 11) is -3.07. The molecular weight excluding hydrogens is 232 g/mol. The molecule has 2 heterocycles. The van der Waals surface area contributed by atoms with Crippen molar-refractivity contribution in [2.45, 2.75) is 24.3 Å². The molecule has 0 saturated heterocycles. The Morgan fingerprint density at radius 1 is 1.44 bits per heavy atom. The predicted octanol–water partition coefficient (Wildman–Crippen LogP) is -0.0778. The van der Waals surface area contributed by atoms with Crippen LogP contribution in [-0.2, 0) is 32.6 Å². The van der Waals surface area contributed by atoms with Crippen LogP contribution in [-0.4, -0.2) is 29.5 Å². The Balaban J connectivity index is 2.19. The van der Waals surface area contributed by atoms with Crippen molar-refractivity contribution < 1.29 is 18.3 Å². The van der Waals surface area contributed by atoms with E-state index in [1.54, 1.807) is 0 Å². The van der Waals surface area contributed by atoms with Crippen LogP contribution < -0.4 is 0 Å². The SMILES string of the molecule is O=C(O)CCc1ncc2c(n1)CS(=O)(=O)C2. The van der Waals surface area contributed by atoms with Gasteiger partial charge < -0.3 is 5.11 Å². The molecule has 0 aliphatic carbocycles. The van der Waals surface area contributed by atoms with Crippen molar-refractivity contribution in [3.8, 4) is 0 Å². The van der Waals surface area contributed by atoms with Crippen LogP contribution in [0.2, 0.25) is 0 Å². The third-order valence-electron chi connectivity index (χ3n) is 2.30. The largest absolute Gasteiger partial charge is 0.481 e. The summed E-state index contributed by atoms with van der Waals surface area (Å²) in [5.41, 5.74) is 1.13. The Morgan fingerprint density at radius 3 is 2.88 bits per heavy atom. The number of fused-ring (bicyclic) bond motifs is 1. The molecule has 1 aliphatic rings. The average Bonchev–Trinajstić information content (AvgIpc) is 2.47. The zero-order valence-electron chi connectivity index (χ0n) is 8.38. The van der Waals surface area contributed by atoms with Gasteiger partial charge in [-0.05, 0) is 0 Å². The second-order valence-electron chi connectivity index (χ2n) is 3.68. The molecule has 1 aromatic heterocycles. The molecule has 2 rings (SSSR count). The maximum absolute atomic E-state index is 11.3. The maximum Gasteiger partial charge on any atom is 0.303 e. The first kappa shape index (κ1) is 11.0. The summed E-state index contributed by atoms with van der Waals surface area (Å²) in [4.78, 5) is 18.4. The Kier molecular flexibility index (Phi) is 2.63. The number of aryl methyl sites for hydroxylation is 1. The van der Waals surface area contributed by atoms with E-state index in [1.165, 1.54) is 6.20 Å². The zero-order chi connectivity index (χ0) is 11.8. The third kappa shape index (κ3) is 2.35. The number of carboxylic acid groups (broad SMARTS) is 1. The fourth-order valence-corrected chi connectivity index (χ4v) is 3.05. The van der Waals surface area contributed by atoms with Gasteiger partial charge in [0.15, 0.2) is 9.84 Å². The third-order valence-corrected chi connectivity index (χ3v) is 3.76. The van der Waals surface area contributed by atoms with Gasteiger partial charge in [-0.1, -0.05) is 0 Å². The van der Waals surface area contributed by atoms with E-state index in [0.29, 0.717) is 17.1 Å². The molecule has 0 aromatic carbocycles. The molecule has 0 bridgehead atoms. The summed E-state index contributed by atoms with van der Waals surface area (Å²) in [5, 5.41) is 8.50. The number of nitrogens with zero attached hydrogens (tertiary/aromatic N) is 2. The van der Waals surface area contributed by atoms with Gasteiger partial charge in [0.25, 0.3) is 0 Å². The predicted molar refractivity (Wildman–Crippen MR) is 54.3 cm³/mol. The van der Waals surface area contributed by atoms with Crippen LogP contribution in [0.15, 0.2) is 6.20 Å². The van der Waals surface area contributed by atoms with Crippen LogP contribution in [0, 0.1) is 0 Å². The summed E-state index contributed by atoms with van der Waals surface area (Å²) in [5.74, 6) is -0.609. The minimum atomic E-state index is -3.07. The molecule has 1 aromatic rings. The van der Waals surface area contributed by atoms with Gasteiger partial charge in [0.05, 0.1) is 23.6 Å². The van der Waals surface area contributed by atoms with Crippen molar-refractivity contribution in [3.05, 3.63) is 23.3 Å². The monoisotopic (exact) mass is 242 g/mol. The lowest BCUT2D eigenvalue weighted by Gasteiger charge is -1.99. The zero-order valence-corrected chi connectivity index (χ0v) is 9.20. The minimum absolute atomic E-state index is 0.0124. The number of aromatic nitrogens is 2. The Morgan fingerprint density at radius 2 is 2.19 bits per heavy atom. The fraction of sp³-hybridized carbons (Fsp3) is 0.444. The maximum atomic E-state index is 11.3. The van der Waals surface area contributed by atoms with E-state index in [9.17, 15) is 13.2 Å². The van der Waals surface area contributed by atoms with Gasteiger partial charge in [0.2, 0.25) is 0 Å². The number of hydrogen-bond donors (Lipinski definition) is 1. The van der Waals surface area contributed by atoms with E-state index in [-0.39, 0.29) is 24.3 Å². The average molecular weight is 242 g/mol. The van der Waals surface area contributed by atoms with E-state index in [2.05, 4.69) is 9.97 Å². The summed E-state index contributed by atoms with van der Waals surface area (Å²) in [6.07, 6.45) is 1.65. The second-order valence-corrected chi connectivity index (χ2v) is 5.75. The highest BCUT2D eigenvalue weighted by molar-refractivity contribution is 7.90. The Hall–Kier alpha value is -1.50. The van der Waals surface area contributed by atoms with Gasteiger partial charge in [-0.25, -0.2) is 18.4 Å². The highest BCUT2D eigenvalue weighted by atomic mass is 32.2. The molecule has 86 valence electrons. The number of carboxylic acids is 1. The van der Waals surface area contributed by atoms with Crippen molar-refractivity contribution in [1.82, 2.24) is 9.97 Å². The van der Waals surface area contributed by atoms with E-state index >= 15 is 0 Å². The second kappa shape index (κ2) is 3.82. The molecule has 0 amide bonds. The van der Waals surface area contributed by atoms with Crippen LogP contribution in [0.5, 0.6) is 0 Å². The summed E-state index contributed by atoms with van der Waals surface area (Å²) in [6.45, 7) is 0. The van der Waals surface area contributed by atoms with Crippen molar-refractivity contribution in [2.24, 2.45) is 0 Å². The molecule has 6 nitrogen and oxygen atoms in total. The number of hydrogen-bond acceptors (Lipinski definition) is 5. The van der Waals surface area contributed by atoms with E-state index in [4.69, 9.17) is 5.11 Å². The lowest BCUT2D eigenvalue weighted by Crippen LogP contribution is -2.03. The molecule has 0 unspecified atom stereocenters. The van der Waals surface area contributed by atoms with E-state index in [0.717, 1.165) is 0 Å². The molecule has 7 heteroatoms. The molecule has 0 saturated carbocycles. The molecule has 16 heavy (non-hydrogen) atoms. The first-order chi connectivity index (χ1) is 7.46. The minimum Gasteiger partial charge on any atom is -0.481 e. The number of aliphatic carboxylic acids is 1. The number of rotatable bonds is 3. The van der Waals surface area contributed by atoms with Gasteiger partial charge in [-0.2, -0.15) is 0 Å². The van der Waals surface area contributed by atoms with Crippen LogP contribution in [0.1, 0.15) is 23.5 Å². The van der Waals surface area contributed by atoms with Crippen molar-refractivity contribution in [3.63, 3.8) is 0 Å². The topological polar surface area (TPSA) is 97.2 Å². The van der Waals surface area contributed by atoms with Gasteiger partial charge in [-0.3, -0.25) is 4.79 Å². The van der Waals surface area contributed by atoms with Crippen molar-refractivity contribution in [1.29, 1.82) is 0 Å². The molecule has 1 N–H and O–H groups in total. The molecule has 0 atom stereocenters. The lowest BCUT2D eigenvalue weighted by atomic mass is 10.2. The van der Waals surface area contributed by atoms with Gasteiger partial charge in [0.1, 0.15) is 5.82 Å².